The number of likely N-dealkylation sites (tertiary alicyclic amines) is 1. The largest absolute Gasteiger partial charge is 0.353 e. The molecule has 10 nitrogen and oxygen atoms in total. The Morgan fingerprint density at radius 2 is 1.77 bits per heavy atom. The van der Waals surface area contributed by atoms with Crippen LogP contribution in [-0.2, 0) is 9.59 Å². The van der Waals surface area contributed by atoms with Crippen molar-refractivity contribution in [1.82, 2.24) is 20.4 Å². The smallest absolute Gasteiger partial charge is 0.265 e. The second-order valence-electron chi connectivity index (χ2n) is 8.10. The van der Waals surface area contributed by atoms with Gasteiger partial charge in [-0.05, 0) is 37.1 Å². The van der Waals surface area contributed by atoms with Gasteiger partial charge in [0.25, 0.3) is 17.7 Å². The van der Waals surface area contributed by atoms with E-state index in [9.17, 15) is 24.0 Å². The third-order valence-corrected chi connectivity index (χ3v) is 6.93. The van der Waals surface area contributed by atoms with Crippen molar-refractivity contribution in [2.24, 2.45) is 0 Å². The van der Waals surface area contributed by atoms with Gasteiger partial charge in [-0.25, -0.2) is 0 Å². The molecule has 1 fully saturated rings. The minimum atomic E-state index is -0.658. The van der Waals surface area contributed by atoms with Crippen molar-refractivity contribution in [3.8, 4) is 0 Å². The lowest BCUT2D eigenvalue weighted by Crippen LogP contribution is -2.43. The molecule has 12 heteroatoms. The molecule has 0 atom stereocenters. The number of imide groups is 1. The number of anilines is 1. The standard InChI is InChI=1S/C23H24ClN5O5S/c24-17-7-6-16(35-17)21(32)27-15-5-3-4-14-20(15)23(34)29(22(14)33)13-18(30)26-9-8-25-12-19(31)28-10-1-2-11-28/h3-7,25H,1-2,8-13H2,(H,26,30)(H,27,32). The Bertz CT molecular complexity index is 1180. The van der Waals surface area contributed by atoms with Gasteiger partial charge in [0.1, 0.15) is 6.54 Å². The van der Waals surface area contributed by atoms with E-state index < -0.39 is 30.2 Å². The maximum atomic E-state index is 13.0. The molecule has 2 aliphatic rings. The molecule has 0 aliphatic carbocycles. The Hall–Kier alpha value is -3.28. The molecule has 1 saturated heterocycles. The third-order valence-electron chi connectivity index (χ3n) is 5.70. The predicted molar refractivity (Wildman–Crippen MR) is 131 cm³/mol. The van der Waals surface area contributed by atoms with Gasteiger partial charge < -0.3 is 20.9 Å². The molecule has 35 heavy (non-hydrogen) atoms. The second-order valence-corrected chi connectivity index (χ2v) is 9.81. The number of nitrogens with zero attached hydrogens (tertiary/aromatic N) is 2. The number of nitrogens with one attached hydrogen (secondary N) is 3. The Morgan fingerprint density at radius 3 is 2.49 bits per heavy atom. The number of halogens is 1. The zero-order valence-corrected chi connectivity index (χ0v) is 20.3. The number of hydrogen-bond acceptors (Lipinski definition) is 7. The molecule has 0 radical (unpaired) electrons. The number of thiophene rings is 1. The maximum absolute atomic E-state index is 13.0. The van der Waals surface area contributed by atoms with Crippen LogP contribution >= 0.6 is 22.9 Å². The van der Waals surface area contributed by atoms with Crippen LogP contribution in [0.4, 0.5) is 5.69 Å². The Kier molecular flexibility index (Phi) is 7.79. The van der Waals surface area contributed by atoms with Gasteiger partial charge in [0.15, 0.2) is 0 Å². The zero-order valence-electron chi connectivity index (χ0n) is 18.8. The first kappa shape index (κ1) is 24.8. The molecule has 0 unspecified atom stereocenters. The first-order valence-electron chi connectivity index (χ1n) is 11.2. The van der Waals surface area contributed by atoms with Gasteiger partial charge in [0.05, 0.1) is 32.6 Å². The molecule has 0 bridgehead atoms. The number of benzene rings is 1. The number of hydrogen-bond donors (Lipinski definition) is 3. The van der Waals surface area contributed by atoms with Gasteiger partial charge in [0, 0.05) is 26.2 Å². The molecule has 3 heterocycles. The van der Waals surface area contributed by atoms with E-state index >= 15 is 0 Å². The van der Waals surface area contributed by atoms with E-state index in [0.717, 1.165) is 42.2 Å². The molecule has 0 saturated carbocycles. The second kappa shape index (κ2) is 11.0. The van der Waals surface area contributed by atoms with Gasteiger partial charge in [-0.15, -0.1) is 11.3 Å². The van der Waals surface area contributed by atoms with Crippen molar-refractivity contribution < 1.29 is 24.0 Å². The van der Waals surface area contributed by atoms with E-state index in [2.05, 4.69) is 16.0 Å². The van der Waals surface area contributed by atoms with Crippen LogP contribution in [0.25, 0.3) is 0 Å². The molecule has 2 aliphatic heterocycles. The van der Waals surface area contributed by atoms with Crippen molar-refractivity contribution in [2.75, 3.05) is 44.6 Å². The van der Waals surface area contributed by atoms with Crippen LogP contribution in [0.1, 0.15) is 43.2 Å². The summed E-state index contributed by atoms with van der Waals surface area (Å²) in [7, 11) is 0. The maximum Gasteiger partial charge on any atom is 0.265 e. The van der Waals surface area contributed by atoms with Gasteiger partial charge >= 0.3 is 0 Å². The molecule has 1 aromatic carbocycles. The van der Waals surface area contributed by atoms with Crippen LogP contribution in [0.3, 0.4) is 0 Å². The summed E-state index contributed by atoms with van der Waals surface area (Å²) in [6, 6.07) is 7.71. The van der Waals surface area contributed by atoms with Crippen molar-refractivity contribution in [2.45, 2.75) is 12.8 Å². The highest BCUT2D eigenvalue weighted by Crippen LogP contribution is 2.30. The number of carbonyl (C=O) groups is 5. The van der Waals surface area contributed by atoms with E-state index in [1.807, 2.05) is 0 Å². The predicted octanol–water partition coefficient (Wildman–Crippen LogP) is 1.58. The first-order chi connectivity index (χ1) is 16.8. The summed E-state index contributed by atoms with van der Waals surface area (Å²) in [5.41, 5.74) is 0.348. The summed E-state index contributed by atoms with van der Waals surface area (Å²) < 4.78 is 0.449. The number of amides is 5. The minimum Gasteiger partial charge on any atom is -0.353 e. The lowest BCUT2D eigenvalue weighted by Gasteiger charge is -2.16. The summed E-state index contributed by atoms with van der Waals surface area (Å²) in [4.78, 5) is 65.6. The summed E-state index contributed by atoms with van der Waals surface area (Å²) >= 11 is 6.97. The molecular formula is C23H24ClN5O5S. The summed E-state index contributed by atoms with van der Waals surface area (Å²) in [5.74, 6) is -2.20. The minimum absolute atomic E-state index is 0.0323. The fourth-order valence-electron chi connectivity index (χ4n) is 3.97. The molecule has 0 spiro atoms. The highest BCUT2D eigenvalue weighted by Gasteiger charge is 2.38. The molecule has 4 rings (SSSR count). The third kappa shape index (κ3) is 5.69. The number of carbonyl (C=O) groups excluding carboxylic acids is 5. The van der Waals surface area contributed by atoms with Crippen molar-refractivity contribution in [3.05, 3.63) is 50.7 Å². The van der Waals surface area contributed by atoms with Crippen LogP contribution in [-0.4, -0.2) is 78.6 Å². The van der Waals surface area contributed by atoms with Crippen LogP contribution in [0.5, 0.6) is 0 Å². The molecule has 5 amide bonds. The fraction of sp³-hybridized carbons (Fsp3) is 0.348. The van der Waals surface area contributed by atoms with Gasteiger partial charge in [-0.3, -0.25) is 28.9 Å². The summed E-state index contributed by atoms with van der Waals surface area (Å²) in [6.45, 7) is 1.92. The SMILES string of the molecule is O=C(CN1C(=O)c2cccc(NC(=O)c3ccc(Cl)s3)c2C1=O)NCCNCC(=O)N1CCCC1. The lowest BCUT2D eigenvalue weighted by molar-refractivity contribution is -0.129. The zero-order chi connectivity index (χ0) is 24.9. The monoisotopic (exact) mass is 517 g/mol. The van der Waals surface area contributed by atoms with Crippen molar-refractivity contribution in [1.29, 1.82) is 0 Å². The topological polar surface area (TPSA) is 128 Å². The average molecular weight is 518 g/mol. The molecular weight excluding hydrogens is 494 g/mol. The average Bonchev–Trinajstić information content (AvgIpc) is 3.57. The summed E-state index contributed by atoms with van der Waals surface area (Å²) in [6.07, 6.45) is 2.05. The molecule has 2 aromatic rings. The fourth-order valence-corrected chi connectivity index (χ4v) is 4.90. The van der Waals surface area contributed by atoms with Crippen LogP contribution in [0, 0.1) is 0 Å². The van der Waals surface area contributed by atoms with E-state index in [0.29, 0.717) is 15.8 Å². The van der Waals surface area contributed by atoms with Crippen molar-refractivity contribution in [3.63, 3.8) is 0 Å². The first-order valence-corrected chi connectivity index (χ1v) is 12.4. The normalized spacial score (nSPS) is 14.9. The van der Waals surface area contributed by atoms with Gasteiger partial charge in [0.2, 0.25) is 11.8 Å². The van der Waals surface area contributed by atoms with E-state index in [4.69, 9.17) is 11.6 Å². The van der Waals surface area contributed by atoms with E-state index in [1.54, 1.807) is 23.1 Å². The van der Waals surface area contributed by atoms with Crippen LogP contribution in [0.15, 0.2) is 30.3 Å². The van der Waals surface area contributed by atoms with Crippen LogP contribution in [0.2, 0.25) is 4.34 Å². The lowest BCUT2D eigenvalue weighted by atomic mass is 10.1. The van der Waals surface area contributed by atoms with E-state index in [1.165, 1.54) is 12.1 Å². The Labute approximate surface area is 210 Å². The van der Waals surface area contributed by atoms with Crippen LogP contribution < -0.4 is 16.0 Å². The molecule has 3 N–H and O–H groups in total. The quantitative estimate of drug-likeness (QED) is 0.342. The number of rotatable bonds is 9. The van der Waals surface area contributed by atoms with E-state index in [-0.39, 0.29) is 35.8 Å². The van der Waals surface area contributed by atoms with Gasteiger partial charge in [-0.1, -0.05) is 17.7 Å². The molecule has 184 valence electrons. The Morgan fingerprint density at radius 1 is 1.00 bits per heavy atom. The van der Waals surface area contributed by atoms with Crippen molar-refractivity contribution >= 4 is 58.2 Å². The van der Waals surface area contributed by atoms with Gasteiger partial charge in [-0.2, -0.15) is 0 Å². The molecule has 1 aromatic heterocycles. The Balaban J connectivity index is 1.29. The summed E-state index contributed by atoms with van der Waals surface area (Å²) in [5, 5.41) is 8.27. The highest BCUT2D eigenvalue weighted by molar-refractivity contribution is 7.18. The number of fused-ring (bicyclic) bond motifs is 1. The highest BCUT2D eigenvalue weighted by atomic mass is 35.5.